The molecule has 0 saturated carbocycles. The number of benzene rings is 1. The van der Waals surface area contributed by atoms with E-state index in [1.165, 1.54) is 5.56 Å². The van der Waals surface area contributed by atoms with E-state index in [0.717, 1.165) is 19.4 Å². The lowest BCUT2D eigenvalue weighted by molar-refractivity contribution is 0.0471. The minimum Gasteiger partial charge on any atom is -0.388 e. The Bertz CT molecular complexity index is 294. The molecule has 2 atom stereocenters. The molecule has 0 radical (unpaired) electrons. The van der Waals surface area contributed by atoms with Crippen molar-refractivity contribution in [3.8, 4) is 0 Å². The van der Waals surface area contributed by atoms with Crippen LogP contribution in [0.4, 0.5) is 0 Å². The highest BCUT2D eigenvalue weighted by molar-refractivity contribution is 5.17. The summed E-state index contributed by atoms with van der Waals surface area (Å²) < 4.78 is 0. The van der Waals surface area contributed by atoms with Crippen LogP contribution in [-0.2, 0) is 6.42 Å². The van der Waals surface area contributed by atoms with E-state index in [1.807, 2.05) is 25.1 Å². The van der Waals surface area contributed by atoms with Crippen molar-refractivity contribution in [1.29, 1.82) is 0 Å². The van der Waals surface area contributed by atoms with E-state index in [4.69, 9.17) is 0 Å². The lowest BCUT2D eigenvalue weighted by atomic mass is 9.92. The molecule has 1 aliphatic heterocycles. The van der Waals surface area contributed by atoms with Crippen LogP contribution < -0.4 is 5.32 Å². The Kier molecular flexibility index (Phi) is 2.57. The quantitative estimate of drug-likeness (QED) is 0.739. The largest absolute Gasteiger partial charge is 0.388 e. The molecule has 1 aliphatic rings. The molecule has 0 aliphatic carbocycles. The molecule has 1 fully saturated rings. The maximum Gasteiger partial charge on any atom is 0.0787 e. The molecule has 0 aromatic heterocycles. The van der Waals surface area contributed by atoms with Gasteiger partial charge >= 0.3 is 0 Å². The van der Waals surface area contributed by atoms with Crippen LogP contribution in [0.2, 0.25) is 0 Å². The molecule has 76 valence electrons. The molecule has 0 unspecified atom stereocenters. The number of aliphatic hydroxyl groups is 1. The minimum atomic E-state index is -0.546. The van der Waals surface area contributed by atoms with Gasteiger partial charge < -0.3 is 10.4 Å². The van der Waals surface area contributed by atoms with Crippen LogP contribution in [0.3, 0.4) is 0 Å². The molecule has 1 heterocycles. The van der Waals surface area contributed by atoms with Crippen LogP contribution in [0, 0.1) is 0 Å². The summed E-state index contributed by atoms with van der Waals surface area (Å²) in [5.41, 5.74) is 0.739. The Morgan fingerprint density at radius 3 is 2.71 bits per heavy atom. The standard InChI is InChI=1S/C12H17NO/c1-12(14)7-8-13-11(12)9-10-5-3-2-4-6-10/h2-6,11,13-14H,7-9H2,1H3/t11-,12-/m0/s1. The zero-order valence-corrected chi connectivity index (χ0v) is 8.53. The molecule has 0 bridgehead atoms. The monoisotopic (exact) mass is 191 g/mol. The lowest BCUT2D eigenvalue weighted by Crippen LogP contribution is -2.41. The molecular weight excluding hydrogens is 174 g/mol. The summed E-state index contributed by atoms with van der Waals surface area (Å²) in [6.07, 6.45) is 1.76. The van der Waals surface area contributed by atoms with Crippen molar-refractivity contribution in [2.75, 3.05) is 6.54 Å². The first-order valence-electron chi connectivity index (χ1n) is 5.18. The Morgan fingerprint density at radius 2 is 2.14 bits per heavy atom. The highest BCUT2D eigenvalue weighted by Gasteiger charge is 2.36. The van der Waals surface area contributed by atoms with Crippen LogP contribution in [0.25, 0.3) is 0 Å². The van der Waals surface area contributed by atoms with Crippen molar-refractivity contribution < 1.29 is 5.11 Å². The second kappa shape index (κ2) is 3.71. The summed E-state index contributed by atoms with van der Waals surface area (Å²) in [5.74, 6) is 0. The zero-order valence-electron chi connectivity index (χ0n) is 8.53. The third kappa shape index (κ3) is 1.97. The van der Waals surface area contributed by atoms with Crippen LogP contribution in [0.15, 0.2) is 30.3 Å². The van der Waals surface area contributed by atoms with Gasteiger partial charge in [-0.2, -0.15) is 0 Å². The topological polar surface area (TPSA) is 32.3 Å². The fourth-order valence-electron chi connectivity index (χ4n) is 2.04. The molecule has 1 saturated heterocycles. The molecule has 2 nitrogen and oxygen atoms in total. The second-order valence-electron chi connectivity index (χ2n) is 4.30. The predicted molar refractivity (Wildman–Crippen MR) is 57.2 cm³/mol. The molecule has 0 amide bonds. The minimum absolute atomic E-state index is 0.199. The summed E-state index contributed by atoms with van der Waals surface area (Å²) in [6.45, 7) is 2.84. The lowest BCUT2D eigenvalue weighted by Gasteiger charge is -2.25. The maximum absolute atomic E-state index is 10.1. The van der Waals surface area contributed by atoms with Gasteiger partial charge in [0.1, 0.15) is 0 Å². The summed E-state index contributed by atoms with van der Waals surface area (Å²) in [4.78, 5) is 0. The molecule has 0 spiro atoms. The van der Waals surface area contributed by atoms with Crippen molar-refractivity contribution in [3.05, 3.63) is 35.9 Å². The van der Waals surface area contributed by atoms with Crippen molar-refractivity contribution in [2.45, 2.75) is 31.4 Å². The Balaban J connectivity index is 2.05. The average Bonchev–Trinajstić information content (AvgIpc) is 2.48. The maximum atomic E-state index is 10.1. The first kappa shape index (κ1) is 9.69. The van der Waals surface area contributed by atoms with Gasteiger partial charge in [0.15, 0.2) is 0 Å². The zero-order chi connectivity index (χ0) is 10.0. The Hall–Kier alpha value is -0.860. The number of rotatable bonds is 2. The van der Waals surface area contributed by atoms with Gasteiger partial charge in [0.2, 0.25) is 0 Å². The van der Waals surface area contributed by atoms with Crippen LogP contribution in [-0.4, -0.2) is 23.3 Å². The van der Waals surface area contributed by atoms with Gasteiger partial charge in [-0.15, -0.1) is 0 Å². The van der Waals surface area contributed by atoms with Crippen molar-refractivity contribution >= 4 is 0 Å². The van der Waals surface area contributed by atoms with Crippen molar-refractivity contribution in [2.24, 2.45) is 0 Å². The van der Waals surface area contributed by atoms with Crippen molar-refractivity contribution in [3.63, 3.8) is 0 Å². The van der Waals surface area contributed by atoms with E-state index in [0.29, 0.717) is 0 Å². The van der Waals surface area contributed by atoms with E-state index in [9.17, 15) is 5.11 Å². The van der Waals surface area contributed by atoms with Gasteiger partial charge in [-0.1, -0.05) is 30.3 Å². The second-order valence-corrected chi connectivity index (χ2v) is 4.30. The van der Waals surface area contributed by atoms with Gasteiger partial charge in [0.25, 0.3) is 0 Å². The highest BCUT2D eigenvalue weighted by Crippen LogP contribution is 2.23. The molecule has 2 heteroatoms. The molecule has 1 aromatic rings. The molecule has 14 heavy (non-hydrogen) atoms. The Labute approximate surface area is 85.0 Å². The van der Waals surface area contributed by atoms with E-state index >= 15 is 0 Å². The fourth-order valence-corrected chi connectivity index (χ4v) is 2.04. The molecule has 2 rings (SSSR count). The summed E-state index contributed by atoms with van der Waals surface area (Å²) in [7, 11) is 0. The van der Waals surface area contributed by atoms with Gasteiger partial charge in [-0.05, 0) is 31.9 Å². The smallest absolute Gasteiger partial charge is 0.0787 e. The average molecular weight is 191 g/mol. The predicted octanol–water partition coefficient (Wildman–Crippen LogP) is 1.34. The summed E-state index contributed by atoms with van der Waals surface area (Å²) in [5, 5.41) is 13.4. The van der Waals surface area contributed by atoms with Gasteiger partial charge in [-0.25, -0.2) is 0 Å². The summed E-state index contributed by atoms with van der Waals surface area (Å²) in [6, 6.07) is 10.5. The summed E-state index contributed by atoms with van der Waals surface area (Å²) >= 11 is 0. The van der Waals surface area contributed by atoms with Crippen LogP contribution >= 0.6 is 0 Å². The molecule has 2 N–H and O–H groups in total. The van der Waals surface area contributed by atoms with Crippen LogP contribution in [0.1, 0.15) is 18.9 Å². The number of nitrogens with one attached hydrogen (secondary N) is 1. The number of hydrogen-bond acceptors (Lipinski definition) is 2. The highest BCUT2D eigenvalue weighted by atomic mass is 16.3. The van der Waals surface area contributed by atoms with Gasteiger partial charge in [-0.3, -0.25) is 0 Å². The molecule has 1 aromatic carbocycles. The third-order valence-electron chi connectivity index (χ3n) is 3.06. The first-order chi connectivity index (χ1) is 6.68. The van der Waals surface area contributed by atoms with E-state index < -0.39 is 5.60 Å². The van der Waals surface area contributed by atoms with E-state index in [2.05, 4.69) is 17.4 Å². The first-order valence-corrected chi connectivity index (χ1v) is 5.18. The normalized spacial score (nSPS) is 32.0. The van der Waals surface area contributed by atoms with Crippen LogP contribution in [0.5, 0.6) is 0 Å². The fraction of sp³-hybridized carbons (Fsp3) is 0.500. The Morgan fingerprint density at radius 1 is 1.43 bits per heavy atom. The van der Waals surface area contributed by atoms with E-state index in [-0.39, 0.29) is 6.04 Å². The van der Waals surface area contributed by atoms with Gasteiger partial charge in [0, 0.05) is 6.04 Å². The number of hydrogen-bond donors (Lipinski definition) is 2. The SMILES string of the molecule is C[C@]1(O)CCN[C@H]1Cc1ccccc1. The molecular formula is C12H17NO. The van der Waals surface area contributed by atoms with Crippen molar-refractivity contribution in [1.82, 2.24) is 5.32 Å². The van der Waals surface area contributed by atoms with E-state index in [1.54, 1.807) is 0 Å². The van der Waals surface area contributed by atoms with Gasteiger partial charge in [0.05, 0.1) is 5.60 Å². The third-order valence-corrected chi connectivity index (χ3v) is 3.06.